The van der Waals surface area contributed by atoms with Crippen molar-refractivity contribution in [1.82, 2.24) is 0 Å². The van der Waals surface area contributed by atoms with Crippen LogP contribution in [0, 0.1) is 0 Å². The first-order valence-electron chi connectivity index (χ1n) is 12.5. The second kappa shape index (κ2) is 9.83. The molecule has 0 amide bonds. The van der Waals surface area contributed by atoms with Crippen molar-refractivity contribution in [2.75, 3.05) is 0 Å². The quantitative estimate of drug-likeness (QED) is 0.240. The Labute approximate surface area is 218 Å². The third-order valence-corrected chi connectivity index (χ3v) is 10.7. The van der Waals surface area contributed by atoms with E-state index < -0.39 is 8.07 Å². The minimum absolute atomic E-state index is 0.0907. The van der Waals surface area contributed by atoms with Crippen molar-refractivity contribution in [1.29, 1.82) is 0 Å². The van der Waals surface area contributed by atoms with Crippen LogP contribution < -0.4 is 10.4 Å². The zero-order valence-corrected chi connectivity index (χ0v) is 22.6. The van der Waals surface area contributed by atoms with E-state index in [1.165, 1.54) is 35.3 Å². The molecule has 0 bridgehead atoms. The zero-order chi connectivity index (χ0) is 26.2. The van der Waals surface area contributed by atoms with E-state index in [2.05, 4.69) is 61.6 Å². The molecule has 0 aromatic heterocycles. The molecule has 1 aliphatic heterocycles. The van der Waals surface area contributed by atoms with Crippen molar-refractivity contribution in [3.8, 4) is 33.4 Å². The molecule has 0 saturated carbocycles. The van der Waals surface area contributed by atoms with Crippen molar-refractivity contribution in [2.24, 2.45) is 0 Å². The lowest BCUT2D eigenvalue weighted by Crippen LogP contribution is -2.50. The lowest BCUT2D eigenvalue weighted by atomic mass is 9.83. The van der Waals surface area contributed by atoms with Crippen molar-refractivity contribution in [3.63, 3.8) is 0 Å². The number of carbonyl (C=O) groups excluding carboxylic acids is 2. The molecule has 0 saturated heterocycles. The number of rotatable bonds is 6. The maximum absolute atomic E-state index is 12.0. The lowest BCUT2D eigenvalue weighted by Gasteiger charge is -2.29. The van der Waals surface area contributed by atoms with Crippen molar-refractivity contribution >= 4 is 30.4 Å². The van der Waals surface area contributed by atoms with Gasteiger partial charge in [0.1, 0.15) is 21.3 Å². The summed E-state index contributed by atoms with van der Waals surface area (Å²) in [6, 6.07) is 29.2. The van der Waals surface area contributed by atoms with Crippen LogP contribution >= 0.6 is 0 Å². The van der Waals surface area contributed by atoms with Crippen LogP contribution in [0.15, 0.2) is 84.9 Å². The molecule has 0 aliphatic carbocycles. The van der Waals surface area contributed by atoms with Gasteiger partial charge in [-0.25, -0.2) is 0 Å². The van der Waals surface area contributed by atoms with Crippen molar-refractivity contribution < 1.29 is 19.1 Å². The maximum atomic E-state index is 12.0. The number of hydrogen-bond donors (Lipinski definition) is 0. The standard InChI is InChI=1S/C32H30O4Si/c1-21(33)35-19-26-27(20-36-22(2)34)30(24-15-9-6-10-16-24)32-31(29(26)23-13-7-5-8-14-23)25-17-11-12-18-28(25)37(32,3)4/h5-18H,19-20H2,1-4H3. The Bertz CT molecular complexity index is 1490. The summed E-state index contributed by atoms with van der Waals surface area (Å²) in [4.78, 5) is 24.1. The Hall–Kier alpha value is -3.96. The number of esters is 2. The molecule has 4 aromatic carbocycles. The molecule has 5 heteroatoms. The van der Waals surface area contributed by atoms with Gasteiger partial charge in [0.15, 0.2) is 0 Å². The van der Waals surface area contributed by atoms with Gasteiger partial charge in [0.25, 0.3) is 0 Å². The zero-order valence-electron chi connectivity index (χ0n) is 21.6. The normalized spacial score (nSPS) is 13.0. The summed E-state index contributed by atoms with van der Waals surface area (Å²) in [5.74, 6) is -0.701. The van der Waals surface area contributed by atoms with E-state index in [0.717, 1.165) is 33.4 Å². The molecule has 0 radical (unpaired) electrons. The maximum Gasteiger partial charge on any atom is 0.302 e. The number of benzene rings is 4. The van der Waals surface area contributed by atoms with Gasteiger partial charge in [0, 0.05) is 25.0 Å². The van der Waals surface area contributed by atoms with E-state index in [0.29, 0.717) is 0 Å². The van der Waals surface area contributed by atoms with E-state index in [1.807, 2.05) is 36.4 Å². The lowest BCUT2D eigenvalue weighted by molar-refractivity contribution is -0.143. The summed E-state index contributed by atoms with van der Waals surface area (Å²) >= 11 is 0. The fourth-order valence-electron chi connectivity index (χ4n) is 5.64. The van der Waals surface area contributed by atoms with Crippen LogP contribution in [0.2, 0.25) is 13.1 Å². The summed E-state index contributed by atoms with van der Waals surface area (Å²) in [6.07, 6.45) is 0. The highest BCUT2D eigenvalue weighted by atomic mass is 28.3. The number of hydrogen-bond acceptors (Lipinski definition) is 4. The Morgan fingerprint density at radius 3 is 1.62 bits per heavy atom. The van der Waals surface area contributed by atoms with E-state index >= 15 is 0 Å². The van der Waals surface area contributed by atoms with Crippen LogP contribution in [0.3, 0.4) is 0 Å². The van der Waals surface area contributed by atoms with Crippen LogP contribution in [0.25, 0.3) is 33.4 Å². The van der Waals surface area contributed by atoms with Gasteiger partial charge in [0.2, 0.25) is 0 Å². The van der Waals surface area contributed by atoms with Crippen LogP contribution in [0.4, 0.5) is 0 Å². The molecule has 0 spiro atoms. The third kappa shape index (κ3) is 4.40. The average molecular weight is 507 g/mol. The minimum atomic E-state index is -2.18. The highest BCUT2D eigenvalue weighted by Gasteiger charge is 2.43. The number of fused-ring (bicyclic) bond motifs is 3. The molecule has 0 N–H and O–H groups in total. The molecule has 5 rings (SSSR count). The number of ether oxygens (including phenoxy) is 2. The van der Waals surface area contributed by atoms with E-state index in [9.17, 15) is 9.59 Å². The topological polar surface area (TPSA) is 52.6 Å². The Balaban J connectivity index is 1.99. The second-order valence-corrected chi connectivity index (χ2v) is 14.2. The fraction of sp³-hybridized carbons (Fsp3) is 0.188. The van der Waals surface area contributed by atoms with E-state index in [1.54, 1.807) is 0 Å². The van der Waals surface area contributed by atoms with Crippen LogP contribution in [-0.4, -0.2) is 20.0 Å². The highest BCUT2D eigenvalue weighted by Crippen LogP contribution is 2.45. The monoisotopic (exact) mass is 506 g/mol. The Morgan fingerprint density at radius 2 is 1.08 bits per heavy atom. The largest absolute Gasteiger partial charge is 0.461 e. The molecule has 1 aliphatic rings. The summed E-state index contributed by atoms with van der Waals surface area (Å²) in [7, 11) is -2.18. The molecule has 37 heavy (non-hydrogen) atoms. The molecule has 0 unspecified atom stereocenters. The van der Waals surface area contributed by atoms with Gasteiger partial charge < -0.3 is 9.47 Å². The molecule has 1 heterocycles. The Morgan fingerprint density at radius 1 is 0.622 bits per heavy atom. The first-order valence-corrected chi connectivity index (χ1v) is 15.5. The van der Waals surface area contributed by atoms with Gasteiger partial charge in [-0.05, 0) is 43.8 Å². The van der Waals surface area contributed by atoms with Crippen LogP contribution in [0.5, 0.6) is 0 Å². The van der Waals surface area contributed by atoms with Crippen LogP contribution in [-0.2, 0) is 32.3 Å². The second-order valence-electron chi connectivity index (χ2n) is 9.92. The van der Waals surface area contributed by atoms with Gasteiger partial charge in [0.05, 0.1) is 0 Å². The van der Waals surface area contributed by atoms with Gasteiger partial charge in [-0.1, -0.05) is 98.0 Å². The van der Waals surface area contributed by atoms with Crippen molar-refractivity contribution in [2.45, 2.75) is 40.2 Å². The average Bonchev–Trinajstić information content (AvgIpc) is 3.13. The van der Waals surface area contributed by atoms with Gasteiger partial charge in [-0.15, -0.1) is 0 Å². The molecule has 4 aromatic rings. The predicted molar refractivity (Wildman–Crippen MR) is 150 cm³/mol. The van der Waals surface area contributed by atoms with Crippen molar-refractivity contribution in [3.05, 3.63) is 96.1 Å². The van der Waals surface area contributed by atoms with E-state index in [-0.39, 0.29) is 25.2 Å². The molecular formula is C32H30O4Si. The SMILES string of the molecule is CC(=O)OCc1c(COC(C)=O)c(-c2ccccc2)c2c(c1-c1ccccc1)-c1ccccc1[Si]2(C)C. The first kappa shape index (κ1) is 24.7. The summed E-state index contributed by atoms with van der Waals surface area (Å²) in [5.41, 5.74) is 8.45. The summed E-state index contributed by atoms with van der Waals surface area (Å²) in [6.45, 7) is 7.82. The first-order chi connectivity index (χ1) is 17.8. The van der Waals surface area contributed by atoms with Gasteiger partial charge in [-0.3, -0.25) is 9.59 Å². The van der Waals surface area contributed by atoms with Gasteiger partial charge in [-0.2, -0.15) is 0 Å². The molecule has 0 atom stereocenters. The molecular weight excluding hydrogens is 476 g/mol. The van der Waals surface area contributed by atoms with Crippen LogP contribution in [0.1, 0.15) is 25.0 Å². The minimum Gasteiger partial charge on any atom is -0.461 e. The molecule has 0 fully saturated rings. The third-order valence-electron chi connectivity index (χ3n) is 7.18. The summed E-state index contributed by atoms with van der Waals surface area (Å²) in [5, 5.41) is 2.70. The van der Waals surface area contributed by atoms with Gasteiger partial charge >= 0.3 is 11.9 Å². The Kier molecular flexibility index (Phi) is 6.57. The molecule has 4 nitrogen and oxygen atoms in total. The summed E-state index contributed by atoms with van der Waals surface area (Å²) < 4.78 is 11.3. The smallest absolute Gasteiger partial charge is 0.302 e. The predicted octanol–water partition coefficient (Wildman–Crippen LogP) is 5.95. The number of carbonyl (C=O) groups is 2. The fourth-order valence-corrected chi connectivity index (χ4v) is 9.11. The van der Waals surface area contributed by atoms with E-state index in [4.69, 9.17) is 9.47 Å². The molecule has 186 valence electrons. The highest BCUT2D eigenvalue weighted by molar-refractivity contribution is 7.04.